The number of benzene rings is 2. The number of anilines is 1. The van der Waals surface area contributed by atoms with Gasteiger partial charge < -0.3 is 10.1 Å². The van der Waals surface area contributed by atoms with Gasteiger partial charge in [-0.3, -0.25) is 4.79 Å². The summed E-state index contributed by atoms with van der Waals surface area (Å²) in [6, 6.07) is 15.2. The van der Waals surface area contributed by atoms with Gasteiger partial charge in [-0.05, 0) is 49.1 Å². The molecule has 0 radical (unpaired) electrons. The molecule has 5 nitrogen and oxygen atoms in total. The highest BCUT2D eigenvalue weighted by molar-refractivity contribution is 8.03. The maximum absolute atomic E-state index is 12.1. The minimum Gasteiger partial charge on any atom is -0.457 e. The molecule has 0 saturated carbocycles. The Bertz CT molecular complexity index is 880. The molecular formula is C19H19N3O2S3. The van der Waals surface area contributed by atoms with E-state index < -0.39 is 0 Å². The molecule has 0 aliphatic heterocycles. The number of hydrogen-bond donors (Lipinski definition) is 1. The van der Waals surface area contributed by atoms with E-state index in [0.717, 1.165) is 31.6 Å². The first-order chi connectivity index (χ1) is 13.1. The molecule has 0 aliphatic rings. The van der Waals surface area contributed by atoms with Gasteiger partial charge in [-0.25, -0.2) is 0 Å². The second kappa shape index (κ2) is 9.77. The summed E-state index contributed by atoms with van der Waals surface area (Å²) in [6.07, 6.45) is 0. The smallest absolute Gasteiger partial charge is 0.234 e. The van der Waals surface area contributed by atoms with E-state index in [1.54, 1.807) is 11.8 Å². The number of thioether (sulfide) groups is 2. The molecule has 140 valence electrons. The molecule has 0 fully saturated rings. The number of nitrogens with zero attached hydrogens (tertiary/aromatic N) is 2. The molecule has 1 aromatic heterocycles. The Balaban J connectivity index is 1.48. The van der Waals surface area contributed by atoms with Crippen LogP contribution in [-0.4, -0.2) is 27.6 Å². The summed E-state index contributed by atoms with van der Waals surface area (Å²) in [4.78, 5) is 12.1. The van der Waals surface area contributed by atoms with E-state index >= 15 is 0 Å². The molecule has 3 rings (SSSR count). The topological polar surface area (TPSA) is 64.1 Å². The lowest BCUT2D eigenvalue weighted by molar-refractivity contribution is -0.113. The Morgan fingerprint density at radius 3 is 2.22 bits per heavy atom. The lowest BCUT2D eigenvalue weighted by Gasteiger charge is -2.08. The minimum atomic E-state index is -0.0768. The van der Waals surface area contributed by atoms with Gasteiger partial charge in [0.15, 0.2) is 8.68 Å². The van der Waals surface area contributed by atoms with Crippen molar-refractivity contribution in [2.24, 2.45) is 0 Å². The second-order valence-corrected chi connectivity index (χ2v) is 9.25. The van der Waals surface area contributed by atoms with Crippen molar-refractivity contribution in [2.75, 3.05) is 16.8 Å². The van der Waals surface area contributed by atoms with Crippen molar-refractivity contribution in [3.8, 4) is 11.5 Å². The van der Waals surface area contributed by atoms with Crippen molar-refractivity contribution < 1.29 is 9.53 Å². The first kappa shape index (κ1) is 19.7. The number of carbonyl (C=O) groups excluding carboxylic acids is 1. The molecule has 1 heterocycles. The Morgan fingerprint density at radius 2 is 1.59 bits per heavy atom. The van der Waals surface area contributed by atoms with Gasteiger partial charge in [0, 0.05) is 5.69 Å². The van der Waals surface area contributed by atoms with Crippen LogP contribution in [0.25, 0.3) is 0 Å². The summed E-state index contributed by atoms with van der Waals surface area (Å²) in [5.74, 6) is 2.69. The largest absolute Gasteiger partial charge is 0.457 e. The van der Waals surface area contributed by atoms with Gasteiger partial charge in [-0.2, -0.15) is 0 Å². The zero-order valence-electron chi connectivity index (χ0n) is 15.0. The first-order valence-corrected chi connectivity index (χ1v) is 11.1. The molecule has 8 heteroatoms. The van der Waals surface area contributed by atoms with Crippen molar-refractivity contribution in [3.05, 3.63) is 54.1 Å². The van der Waals surface area contributed by atoms with Crippen LogP contribution in [0.15, 0.2) is 57.2 Å². The van der Waals surface area contributed by atoms with E-state index in [-0.39, 0.29) is 5.91 Å². The summed E-state index contributed by atoms with van der Waals surface area (Å²) in [5.41, 5.74) is 1.92. The van der Waals surface area contributed by atoms with E-state index in [1.807, 2.05) is 55.5 Å². The molecule has 2 aromatic carbocycles. The van der Waals surface area contributed by atoms with Crippen LogP contribution in [0, 0.1) is 6.92 Å². The Hall–Kier alpha value is -2.03. The van der Waals surface area contributed by atoms with Crippen LogP contribution in [0.2, 0.25) is 0 Å². The molecule has 0 saturated heterocycles. The van der Waals surface area contributed by atoms with Gasteiger partial charge >= 0.3 is 0 Å². The van der Waals surface area contributed by atoms with Crippen LogP contribution >= 0.6 is 34.9 Å². The number of aromatic nitrogens is 2. The number of nitrogens with one attached hydrogen (secondary N) is 1. The molecule has 0 spiro atoms. The fraction of sp³-hybridized carbons (Fsp3) is 0.211. The lowest BCUT2D eigenvalue weighted by atomic mass is 10.2. The molecule has 1 amide bonds. The van der Waals surface area contributed by atoms with Crippen LogP contribution in [0.3, 0.4) is 0 Å². The van der Waals surface area contributed by atoms with Gasteiger partial charge in [0.2, 0.25) is 5.91 Å². The predicted octanol–water partition coefficient (Wildman–Crippen LogP) is 5.48. The highest BCUT2D eigenvalue weighted by Gasteiger charge is 2.09. The summed E-state index contributed by atoms with van der Waals surface area (Å²) >= 11 is 4.57. The van der Waals surface area contributed by atoms with Crippen molar-refractivity contribution >= 4 is 46.5 Å². The zero-order valence-corrected chi connectivity index (χ0v) is 17.4. The quantitative estimate of drug-likeness (QED) is 0.490. The highest BCUT2D eigenvalue weighted by Crippen LogP contribution is 2.28. The fourth-order valence-corrected chi connectivity index (χ4v) is 4.83. The number of rotatable bonds is 8. The summed E-state index contributed by atoms with van der Waals surface area (Å²) < 4.78 is 7.53. The molecule has 0 unspecified atom stereocenters. The molecule has 0 atom stereocenters. The number of aryl methyl sites for hydroxylation is 1. The Morgan fingerprint density at radius 1 is 1.00 bits per heavy atom. The van der Waals surface area contributed by atoms with Crippen LogP contribution < -0.4 is 10.1 Å². The third-order valence-electron chi connectivity index (χ3n) is 3.38. The van der Waals surface area contributed by atoms with Crippen LogP contribution in [-0.2, 0) is 4.79 Å². The van der Waals surface area contributed by atoms with Gasteiger partial charge in [-0.15, -0.1) is 10.2 Å². The minimum absolute atomic E-state index is 0.0768. The van der Waals surface area contributed by atoms with E-state index in [1.165, 1.54) is 28.7 Å². The molecule has 27 heavy (non-hydrogen) atoms. The monoisotopic (exact) mass is 417 g/mol. The zero-order chi connectivity index (χ0) is 19.1. The summed E-state index contributed by atoms with van der Waals surface area (Å²) in [6.45, 7) is 4.11. The standard InChI is InChI=1S/C19H19N3O2S3/c1-3-25-18-21-22-19(27-18)26-12-17(23)20-14-6-10-16(11-7-14)24-15-8-4-13(2)5-9-15/h4-11H,3,12H2,1-2H3,(H,20,23). The highest BCUT2D eigenvalue weighted by atomic mass is 32.2. The first-order valence-electron chi connectivity index (χ1n) is 8.36. The molecule has 0 bridgehead atoms. The number of amides is 1. The number of carbonyl (C=O) groups is 1. The average molecular weight is 418 g/mol. The fourth-order valence-electron chi connectivity index (χ4n) is 2.11. The molecule has 3 aromatic rings. The van der Waals surface area contributed by atoms with Crippen LogP contribution in [0.1, 0.15) is 12.5 Å². The number of hydrogen-bond acceptors (Lipinski definition) is 7. The van der Waals surface area contributed by atoms with Gasteiger partial charge in [0.05, 0.1) is 5.75 Å². The molecule has 1 N–H and O–H groups in total. The summed E-state index contributed by atoms with van der Waals surface area (Å²) in [7, 11) is 0. The van der Waals surface area contributed by atoms with Gasteiger partial charge in [0.1, 0.15) is 11.5 Å². The van der Waals surface area contributed by atoms with E-state index in [4.69, 9.17) is 4.74 Å². The predicted molar refractivity (Wildman–Crippen MR) is 113 cm³/mol. The number of ether oxygens (including phenoxy) is 1. The van der Waals surface area contributed by atoms with Crippen molar-refractivity contribution in [1.82, 2.24) is 10.2 Å². The van der Waals surface area contributed by atoms with Gasteiger partial charge in [-0.1, -0.05) is 59.5 Å². The Labute approximate surface area is 170 Å². The third-order valence-corrected chi connectivity index (χ3v) is 6.45. The lowest BCUT2D eigenvalue weighted by Crippen LogP contribution is -2.13. The second-order valence-electron chi connectivity index (χ2n) is 5.54. The van der Waals surface area contributed by atoms with Crippen molar-refractivity contribution in [3.63, 3.8) is 0 Å². The maximum atomic E-state index is 12.1. The Kier molecular flexibility index (Phi) is 7.14. The summed E-state index contributed by atoms with van der Waals surface area (Å²) in [5, 5.41) is 11.0. The third kappa shape index (κ3) is 6.27. The molecular weight excluding hydrogens is 398 g/mol. The van der Waals surface area contributed by atoms with Gasteiger partial charge in [0.25, 0.3) is 0 Å². The van der Waals surface area contributed by atoms with E-state index in [2.05, 4.69) is 22.4 Å². The SMILES string of the molecule is CCSc1nnc(SCC(=O)Nc2ccc(Oc3ccc(C)cc3)cc2)s1. The average Bonchev–Trinajstić information content (AvgIpc) is 3.11. The molecule has 0 aliphatic carbocycles. The maximum Gasteiger partial charge on any atom is 0.234 e. The van der Waals surface area contributed by atoms with E-state index in [9.17, 15) is 4.79 Å². The van der Waals surface area contributed by atoms with Crippen LogP contribution in [0.4, 0.5) is 5.69 Å². The van der Waals surface area contributed by atoms with E-state index in [0.29, 0.717) is 5.75 Å². The van der Waals surface area contributed by atoms with Crippen molar-refractivity contribution in [1.29, 1.82) is 0 Å². The van der Waals surface area contributed by atoms with Crippen LogP contribution in [0.5, 0.6) is 11.5 Å². The van der Waals surface area contributed by atoms with Crippen molar-refractivity contribution in [2.45, 2.75) is 22.5 Å². The normalized spacial score (nSPS) is 10.6.